The number of carbonyl (C=O) groups is 3. The number of halogens is 1. The normalized spacial score (nSPS) is 13.2. The van der Waals surface area contributed by atoms with Gasteiger partial charge in [-0.05, 0) is 36.4 Å². The predicted octanol–water partition coefficient (Wildman–Crippen LogP) is 2.81. The molecule has 0 bridgehead atoms. The fourth-order valence-corrected chi connectivity index (χ4v) is 2.46. The van der Waals surface area contributed by atoms with Crippen LogP contribution in [0.5, 0.6) is 11.5 Å². The molecule has 1 N–H and O–H groups in total. The molecule has 6 nitrogen and oxygen atoms in total. The third-order valence-electron chi connectivity index (χ3n) is 3.27. The Hall–Kier alpha value is -2.86. The molecule has 0 atom stereocenters. The van der Waals surface area contributed by atoms with Gasteiger partial charge < -0.3 is 9.84 Å². The zero-order valence-corrected chi connectivity index (χ0v) is 12.4. The molecule has 7 heteroatoms. The third kappa shape index (κ3) is 2.89. The summed E-state index contributed by atoms with van der Waals surface area (Å²) in [6.45, 7) is -0.670. The molecule has 2 aromatic rings. The van der Waals surface area contributed by atoms with Gasteiger partial charge in [-0.3, -0.25) is 19.3 Å². The number of hydrogen-bond acceptors (Lipinski definition) is 4. The Morgan fingerprint density at radius 2 is 1.74 bits per heavy atom. The highest BCUT2D eigenvalue weighted by molar-refractivity contribution is 6.30. The van der Waals surface area contributed by atoms with Crippen molar-refractivity contribution in [3.63, 3.8) is 0 Å². The van der Waals surface area contributed by atoms with Crippen LogP contribution in [0.15, 0.2) is 42.5 Å². The van der Waals surface area contributed by atoms with Crippen LogP contribution >= 0.6 is 11.6 Å². The van der Waals surface area contributed by atoms with E-state index >= 15 is 0 Å². The van der Waals surface area contributed by atoms with E-state index in [9.17, 15) is 14.4 Å². The molecule has 0 aromatic heterocycles. The fourth-order valence-electron chi connectivity index (χ4n) is 2.28. The number of fused-ring (bicyclic) bond motifs is 1. The molecule has 2 aromatic carbocycles. The molecule has 0 fully saturated rings. The molecule has 0 radical (unpaired) electrons. The van der Waals surface area contributed by atoms with Crippen molar-refractivity contribution in [1.29, 1.82) is 0 Å². The minimum Gasteiger partial charge on any atom is -0.480 e. The lowest BCUT2D eigenvalue weighted by molar-refractivity contribution is -0.137. The second-order valence-corrected chi connectivity index (χ2v) is 5.29. The lowest BCUT2D eigenvalue weighted by Crippen LogP contribution is -2.34. The Morgan fingerprint density at radius 3 is 2.43 bits per heavy atom. The molecule has 0 unspecified atom stereocenters. The van der Waals surface area contributed by atoms with Crippen LogP contribution in [0.2, 0.25) is 5.02 Å². The van der Waals surface area contributed by atoms with Crippen LogP contribution in [0.4, 0.5) is 0 Å². The number of carboxylic acid groups (broad SMARTS) is 1. The molecule has 1 aliphatic heterocycles. The molecule has 0 aliphatic carbocycles. The Balaban J connectivity index is 1.90. The molecule has 116 valence electrons. The van der Waals surface area contributed by atoms with Crippen LogP contribution in [-0.4, -0.2) is 34.3 Å². The standard InChI is InChI=1S/C16H10ClNO5/c17-9-2-1-3-10(6-9)23-11-4-5-12-13(7-11)16(22)18(15(12)21)8-14(19)20/h1-7H,8H2,(H,19,20). The zero-order chi connectivity index (χ0) is 16.6. The van der Waals surface area contributed by atoms with Crippen molar-refractivity contribution in [3.8, 4) is 11.5 Å². The maximum absolute atomic E-state index is 12.2. The molecule has 23 heavy (non-hydrogen) atoms. The van der Waals surface area contributed by atoms with Crippen molar-refractivity contribution in [1.82, 2.24) is 4.90 Å². The summed E-state index contributed by atoms with van der Waals surface area (Å²) >= 11 is 5.87. The quantitative estimate of drug-likeness (QED) is 0.871. The lowest BCUT2D eigenvalue weighted by atomic mass is 10.1. The van der Waals surface area contributed by atoms with Gasteiger partial charge in [0.05, 0.1) is 11.1 Å². The molecule has 0 saturated carbocycles. The summed E-state index contributed by atoms with van der Waals surface area (Å²) in [5, 5.41) is 9.28. The van der Waals surface area contributed by atoms with Crippen molar-refractivity contribution < 1.29 is 24.2 Å². The highest BCUT2D eigenvalue weighted by Crippen LogP contribution is 2.30. The first-order chi connectivity index (χ1) is 11.0. The van der Waals surface area contributed by atoms with E-state index in [0.29, 0.717) is 21.4 Å². The average molecular weight is 332 g/mol. The molecule has 3 rings (SSSR count). The van der Waals surface area contributed by atoms with E-state index in [2.05, 4.69) is 0 Å². The van der Waals surface area contributed by atoms with Gasteiger partial charge in [0.1, 0.15) is 18.0 Å². The summed E-state index contributed by atoms with van der Waals surface area (Å²) in [7, 11) is 0. The van der Waals surface area contributed by atoms with E-state index in [-0.39, 0.29) is 11.1 Å². The summed E-state index contributed by atoms with van der Waals surface area (Å²) in [5.41, 5.74) is 0.283. The van der Waals surface area contributed by atoms with Gasteiger partial charge >= 0.3 is 5.97 Å². The molecule has 2 amide bonds. The van der Waals surface area contributed by atoms with Crippen LogP contribution in [0.25, 0.3) is 0 Å². The van der Waals surface area contributed by atoms with Crippen molar-refractivity contribution in [3.05, 3.63) is 58.6 Å². The molecule has 1 aliphatic rings. The summed E-state index contributed by atoms with van der Waals surface area (Å²) in [4.78, 5) is 35.7. The minimum absolute atomic E-state index is 0.121. The first-order valence-corrected chi connectivity index (χ1v) is 6.99. The van der Waals surface area contributed by atoms with Gasteiger partial charge in [-0.2, -0.15) is 0 Å². The van der Waals surface area contributed by atoms with E-state index in [1.807, 2.05) is 0 Å². The smallest absolute Gasteiger partial charge is 0.323 e. The summed E-state index contributed by atoms with van der Waals surface area (Å²) < 4.78 is 5.60. The first-order valence-electron chi connectivity index (χ1n) is 6.61. The molecule has 0 spiro atoms. The number of rotatable bonds is 4. The van der Waals surface area contributed by atoms with Gasteiger partial charge in [0.15, 0.2) is 0 Å². The van der Waals surface area contributed by atoms with E-state index in [4.69, 9.17) is 21.4 Å². The number of aliphatic carboxylic acids is 1. The van der Waals surface area contributed by atoms with Crippen molar-refractivity contribution in [2.45, 2.75) is 0 Å². The summed E-state index contributed by atoms with van der Waals surface area (Å²) in [5.74, 6) is -1.69. The molecular weight excluding hydrogens is 322 g/mol. The number of carboxylic acids is 1. The number of carbonyl (C=O) groups excluding carboxylic acids is 2. The number of nitrogens with zero attached hydrogens (tertiary/aromatic N) is 1. The van der Waals surface area contributed by atoms with E-state index < -0.39 is 24.3 Å². The number of ether oxygens (including phenoxy) is 1. The van der Waals surface area contributed by atoms with Crippen LogP contribution in [0.3, 0.4) is 0 Å². The van der Waals surface area contributed by atoms with E-state index in [0.717, 1.165) is 0 Å². The number of benzene rings is 2. The first kappa shape index (κ1) is 15.1. The van der Waals surface area contributed by atoms with Crippen LogP contribution < -0.4 is 4.74 Å². The van der Waals surface area contributed by atoms with E-state index in [1.165, 1.54) is 18.2 Å². The second kappa shape index (κ2) is 5.73. The largest absolute Gasteiger partial charge is 0.480 e. The van der Waals surface area contributed by atoms with Crippen LogP contribution in [-0.2, 0) is 4.79 Å². The third-order valence-corrected chi connectivity index (χ3v) is 3.50. The fraction of sp³-hybridized carbons (Fsp3) is 0.0625. The van der Waals surface area contributed by atoms with E-state index in [1.54, 1.807) is 24.3 Å². The highest BCUT2D eigenvalue weighted by atomic mass is 35.5. The SMILES string of the molecule is O=C(O)CN1C(=O)c2ccc(Oc3cccc(Cl)c3)cc2C1=O. The van der Waals surface area contributed by atoms with Gasteiger partial charge in [-0.1, -0.05) is 17.7 Å². The predicted molar refractivity (Wildman–Crippen MR) is 81.0 cm³/mol. The second-order valence-electron chi connectivity index (χ2n) is 4.86. The Labute approximate surface area is 135 Å². The van der Waals surface area contributed by atoms with Crippen molar-refractivity contribution >= 4 is 29.4 Å². The molecule has 0 saturated heterocycles. The monoisotopic (exact) mass is 331 g/mol. The molecular formula is C16H10ClNO5. The van der Waals surface area contributed by atoms with Gasteiger partial charge in [0, 0.05) is 5.02 Å². The zero-order valence-electron chi connectivity index (χ0n) is 11.7. The van der Waals surface area contributed by atoms with Gasteiger partial charge in [-0.15, -0.1) is 0 Å². The maximum Gasteiger partial charge on any atom is 0.323 e. The van der Waals surface area contributed by atoms with Crippen LogP contribution in [0.1, 0.15) is 20.7 Å². The minimum atomic E-state index is -1.25. The van der Waals surface area contributed by atoms with Crippen LogP contribution in [0, 0.1) is 0 Å². The molecule has 1 heterocycles. The topological polar surface area (TPSA) is 83.9 Å². The lowest BCUT2D eigenvalue weighted by Gasteiger charge is -2.09. The summed E-state index contributed by atoms with van der Waals surface area (Å²) in [6, 6.07) is 11.1. The number of amides is 2. The van der Waals surface area contributed by atoms with Gasteiger partial charge in [0.25, 0.3) is 11.8 Å². The van der Waals surface area contributed by atoms with Gasteiger partial charge in [0.2, 0.25) is 0 Å². The van der Waals surface area contributed by atoms with Gasteiger partial charge in [-0.25, -0.2) is 0 Å². The average Bonchev–Trinajstić information content (AvgIpc) is 2.72. The van der Waals surface area contributed by atoms with Crippen molar-refractivity contribution in [2.75, 3.05) is 6.54 Å². The Bertz CT molecular complexity index is 833. The summed E-state index contributed by atoms with van der Waals surface area (Å²) in [6.07, 6.45) is 0. The highest BCUT2D eigenvalue weighted by Gasteiger charge is 2.36. The maximum atomic E-state index is 12.2. The number of hydrogen-bond donors (Lipinski definition) is 1. The number of imide groups is 1. The Kier molecular flexibility index (Phi) is 3.75. The Morgan fingerprint density at radius 1 is 1.04 bits per heavy atom. The van der Waals surface area contributed by atoms with Crippen molar-refractivity contribution in [2.24, 2.45) is 0 Å².